The molecule has 0 aliphatic carbocycles. The number of nitrogens with zero attached hydrogens (tertiary/aromatic N) is 2. The minimum atomic E-state index is -0.301. The Morgan fingerprint density at radius 1 is 1.17 bits per heavy atom. The Hall–Kier alpha value is -2.55. The number of rotatable bonds is 3. The average molecular weight is 343 g/mol. The molecule has 0 radical (unpaired) electrons. The standard InChI is InChI=1S/C18H15ClN2O3/c19-15-3-1-13(2-4-15)17-6-5-16(24-17)11-14(12-20)18(22)21-7-9-23-10-8-21/h1-6,11H,7-10H2/b14-11+. The van der Waals surface area contributed by atoms with Crippen molar-refractivity contribution in [2.75, 3.05) is 26.3 Å². The lowest BCUT2D eigenvalue weighted by molar-refractivity contribution is -0.130. The van der Waals surface area contributed by atoms with E-state index in [1.165, 1.54) is 6.08 Å². The fourth-order valence-electron chi connectivity index (χ4n) is 2.42. The summed E-state index contributed by atoms with van der Waals surface area (Å²) in [5, 5.41) is 9.94. The van der Waals surface area contributed by atoms with E-state index in [2.05, 4.69) is 0 Å². The highest BCUT2D eigenvalue weighted by atomic mass is 35.5. The molecule has 0 bridgehead atoms. The predicted octanol–water partition coefficient (Wildman–Crippen LogP) is 3.37. The van der Waals surface area contributed by atoms with Crippen LogP contribution in [-0.2, 0) is 9.53 Å². The molecule has 0 N–H and O–H groups in total. The van der Waals surface area contributed by atoms with Gasteiger partial charge in [-0.05, 0) is 36.4 Å². The summed E-state index contributed by atoms with van der Waals surface area (Å²) in [4.78, 5) is 14.0. The van der Waals surface area contributed by atoms with E-state index in [9.17, 15) is 10.1 Å². The highest BCUT2D eigenvalue weighted by Crippen LogP contribution is 2.25. The van der Waals surface area contributed by atoms with Crippen LogP contribution >= 0.6 is 11.6 Å². The SMILES string of the molecule is N#C/C(=C\c1ccc(-c2ccc(Cl)cc2)o1)C(=O)N1CCOCC1. The van der Waals surface area contributed by atoms with E-state index in [1.54, 1.807) is 29.2 Å². The number of benzene rings is 1. The van der Waals surface area contributed by atoms with Gasteiger partial charge in [-0.25, -0.2) is 0 Å². The van der Waals surface area contributed by atoms with Crippen molar-refractivity contribution in [2.24, 2.45) is 0 Å². The summed E-state index contributed by atoms with van der Waals surface area (Å²) < 4.78 is 10.9. The van der Waals surface area contributed by atoms with Gasteiger partial charge >= 0.3 is 0 Å². The summed E-state index contributed by atoms with van der Waals surface area (Å²) in [7, 11) is 0. The van der Waals surface area contributed by atoms with Crippen molar-refractivity contribution in [3.8, 4) is 17.4 Å². The molecule has 0 spiro atoms. The summed E-state index contributed by atoms with van der Waals surface area (Å²) in [5.74, 6) is 0.803. The summed E-state index contributed by atoms with van der Waals surface area (Å²) in [5.41, 5.74) is 0.922. The second-order valence-electron chi connectivity index (χ2n) is 5.28. The van der Waals surface area contributed by atoms with Gasteiger partial charge in [-0.1, -0.05) is 11.6 Å². The van der Waals surface area contributed by atoms with Crippen LogP contribution in [0.1, 0.15) is 5.76 Å². The number of furan rings is 1. The van der Waals surface area contributed by atoms with Crippen molar-refractivity contribution in [1.82, 2.24) is 4.90 Å². The Kier molecular flexibility index (Phi) is 4.99. The summed E-state index contributed by atoms with van der Waals surface area (Å²) in [6, 6.07) is 12.7. The van der Waals surface area contributed by atoms with Gasteiger partial charge in [-0.15, -0.1) is 0 Å². The van der Waals surface area contributed by atoms with E-state index >= 15 is 0 Å². The Morgan fingerprint density at radius 3 is 2.54 bits per heavy atom. The Balaban J connectivity index is 1.80. The number of carbonyl (C=O) groups is 1. The van der Waals surface area contributed by atoms with Gasteiger partial charge in [0.2, 0.25) is 0 Å². The molecule has 1 aromatic carbocycles. The molecule has 1 aliphatic rings. The van der Waals surface area contributed by atoms with E-state index < -0.39 is 0 Å². The monoisotopic (exact) mass is 342 g/mol. The maximum absolute atomic E-state index is 12.4. The van der Waals surface area contributed by atoms with Gasteiger partial charge in [0.1, 0.15) is 23.2 Å². The lowest BCUT2D eigenvalue weighted by Crippen LogP contribution is -2.41. The number of ether oxygens (including phenoxy) is 1. The van der Waals surface area contributed by atoms with E-state index in [1.807, 2.05) is 18.2 Å². The van der Waals surface area contributed by atoms with Crippen LogP contribution in [0, 0.1) is 11.3 Å². The number of halogens is 1. The molecule has 1 saturated heterocycles. The molecule has 1 aromatic heterocycles. The Bertz CT molecular complexity index is 796. The molecule has 0 unspecified atom stereocenters. The van der Waals surface area contributed by atoms with Crippen LogP contribution in [-0.4, -0.2) is 37.1 Å². The highest BCUT2D eigenvalue weighted by Gasteiger charge is 2.21. The smallest absolute Gasteiger partial charge is 0.264 e. The first-order valence-electron chi connectivity index (χ1n) is 7.52. The zero-order chi connectivity index (χ0) is 16.9. The van der Waals surface area contributed by atoms with Crippen LogP contribution < -0.4 is 0 Å². The minimum Gasteiger partial charge on any atom is -0.457 e. The number of amides is 1. The highest BCUT2D eigenvalue weighted by molar-refractivity contribution is 6.30. The summed E-state index contributed by atoms with van der Waals surface area (Å²) in [6.45, 7) is 1.97. The summed E-state index contributed by atoms with van der Waals surface area (Å²) >= 11 is 5.87. The number of hydrogen-bond donors (Lipinski definition) is 0. The largest absolute Gasteiger partial charge is 0.457 e. The van der Waals surface area contributed by atoms with Gasteiger partial charge in [-0.3, -0.25) is 4.79 Å². The molecular weight excluding hydrogens is 328 g/mol. The molecule has 1 aliphatic heterocycles. The van der Waals surface area contributed by atoms with Crippen molar-refractivity contribution in [1.29, 1.82) is 5.26 Å². The van der Waals surface area contributed by atoms with Crippen LogP contribution in [0.3, 0.4) is 0 Å². The molecule has 2 aromatic rings. The molecule has 1 amide bonds. The number of carbonyl (C=O) groups excluding carboxylic acids is 1. The van der Waals surface area contributed by atoms with Crippen LogP contribution in [0.15, 0.2) is 46.4 Å². The van der Waals surface area contributed by atoms with Gasteiger partial charge in [0, 0.05) is 29.8 Å². The van der Waals surface area contributed by atoms with E-state index in [0.717, 1.165) is 5.56 Å². The average Bonchev–Trinajstić information content (AvgIpc) is 3.09. The lowest BCUT2D eigenvalue weighted by Gasteiger charge is -2.26. The molecule has 3 rings (SSSR count). The molecule has 5 nitrogen and oxygen atoms in total. The zero-order valence-corrected chi connectivity index (χ0v) is 13.6. The molecule has 2 heterocycles. The molecule has 6 heteroatoms. The fraction of sp³-hybridized carbons (Fsp3) is 0.222. The van der Waals surface area contributed by atoms with Gasteiger partial charge < -0.3 is 14.1 Å². The van der Waals surface area contributed by atoms with Gasteiger partial charge in [0.25, 0.3) is 5.91 Å². The second kappa shape index (κ2) is 7.35. The molecule has 0 saturated carbocycles. The maximum atomic E-state index is 12.4. The first-order chi connectivity index (χ1) is 11.7. The van der Waals surface area contributed by atoms with Crippen LogP contribution in [0.2, 0.25) is 5.02 Å². The third-order valence-electron chi connectivity index (χ3n) is 3.69. The summed E-state index contributed by atoms with van der Waals surface area (Å²) in [6.07, 6.45) is 1.47. The van der Waals surface area contributed by atoms with Crippen molar-refractivity contribution in [3.05, 3.63) is 52.8 Å². The number of nitriles is 1. The van der Waals surface area contributed by atoms with E-state index in [4.69, 9.17) is 20.8 Å². The topological polar surface area (TPSA) is 66.5 Å². The fourth-order valence-corrected chi connectivity index (χ4v) is 2.55. The number of hydrogen-bond acceptors (Lipinski definition) is 4. The first-order valence-corrected chi connectivity index (χ1v) is 7.90. The second-order valence-corrected chi connectivity index (χ2v) is 5.72. The normalized spacial score (nSPS) is 15.2. The van der Waals surface area contributed by atoms with Crippen molar-refractivity contribution in [3.63, 3.8) is 0 Å². The molecular formula is C18H15ClN2O3. The van der Waals surface area contributed by atoms with Crippen LogP contribution in [0.5, 0.6) is 0 Å². The van der Waals surface area contributed by atoms with Crippen molar-refractivity contribution >= 4 is 23.6 Å². The molecule has 24 heavy (non-hydrogen) atoms. The third-order valence-corrected chi connectivity index (χ3v) is 3.94. The van der Waals surface area contributed by atoms with Gasteiger partial charge in [0.15, 0.2) is 0 Å². The van der Waals surface area contributed by atoms with Crippen LogP contribution in [0.25, 0.3) is 17.4 Å². The zero-order valence-electron chi connectivity index (χ0n) is 12.9. The van der Waals surface area contributed by atoms with Crippen molar-refractivity contribution < 1.29 is 13.9 Å². The van der Waals surface area contributed by atoms with E-state index in [0.29, 0.717) is 42.8 Å². The van der Waals surface area contributed by atoms with Gasteiger partial charge in [0.05, 0.1) is 13.2 Å². The lowest BCUT2D eigenvalue weighted by atomic mass is 10.2. The first kappa shape index (κ1) is 16.3. The molecule has 1 fully saturated rings. The Morgan fingerprint density at radius 2 is 1.88 bits per heavy atom. The number of morpholine rings is 1. The minimum absolute atomic E-state index is 0.0499. The van der Waals surface area contributed by atoms with Crippen LogP contribution in [0.4, 0.5) is 0 Å². The third kappa shape index (κ3) is 3.67. The van der Waals surface area contributed by atoms with Gasteiger partial charge in [-0.2, -0.15) is 5.26 Å². The quantitative estimate of drug-likeness (QED) is 0.633. The van der Waals surface area contributed by atoms with Crippen molar-refractivity contribution in [2.45, 2.75) is 0 Å². The molecule has 122 valence electrons. The Labute approximate surface area is 144 Å². The predicted molar refractivity (Wildman–Crippen MR) is 90.1 cm³/mol. The maximum Gasteiger partial charge on any atom is 0.264 e. The molecule has 0 atom stereocenters. The van der Waals surface area contributed by atoms with E-state index in [-0.39, 0.29) is 11.5 Å².